The number of halogens is 3. The lowest BCUT2D eigenvalue weighted by atomic mass is 10.0. The highest BCUT2D eigenvalue weighted by molar-refractivity contribution is 6.43. The minimum atomic E-state index is 0.435. The molecule has 0 heterocycles. The van der Waals surface area contributed by atoms with Crippen molar-refractivity contribution < 1.29 is 4.74 Å². The van der Waals surface area contributed by atoms with E-state index in [2.05, 4.69) is 26.1 Å². The predicted octanol–water partition coefficient (Wildman–Crippen LogP) is 5.44. The zero-order valence-electron chi connectivity index (χ0n) is 12.2. The van der Waals surface area contributed by atoms with Crippen LogP contribution in [0, 0.1) is 5.92 Å². The fourth-order valence-electron chi connectivity index (χ4n) is 1.77. The minimum Gasteiger partial charge on any atom is -0.491 e. The molecule has 0 aliphatic rings. The van der Waals surface area contributed by atoms with Crippen LogP contribution in [0.25, 0.3) is 0 Å². The van der Waals surface area contributed by atoms with Crippen molar-refractivity contribution in [3.05, 3.63) is 27.2 Å². The predicted molar refractivity (Wildman–Crippen MR) is 88.5 cm³/mol. The maximum absolute atomic E-state index is 6.04. The average molecular weight is 339 g/mol. The van der Waals surface area contributed by atoms with Crippen molar-refractivity contribution in [3.8, 4) is 5.75 Å². The molecule has 2 nitrogen and oxygen atoms in total. The fourth-order valence-corrected chi connectivity index (χ4v) is 2.36. The van der Waals surface area contributed by atoms with Crippen molar-refractivity contribution in [3.63, 3.8) is 0 Å². The molecule has 0 aliphatic heterocycles. The molecule has 0 spiro atoms. The SMILES string of the molecule is CC(C)CCC(C)NCCOc1cc(Cl)c(Cl)cc1Cl. The van der Waals surface area contributed by atoms with Gasteiger partial charge in [-0.3, -0.25) is 0 Å². The molecule has 1 rings (SSSR count). The van der Waals surface area contributed by atoms with Crippen molar-refractivity contribution in [1.29, 1.82) is 0 Å². The Morgan fingerprint density at radius 3 is 2.30 bits per heavy atom. The third-order valence-corrected chi connectivity index (χ3v) is 4.02. The minimum absolute atomic E-state index is 0.435. The molecule has 0 aliphatic carbocycles. The van der Waals surface area contributed by atoms with E-state index < -0.39 is 0 Å². The van der Waals surface area contributed by atoms with Crippen molar-refractivity contribution >= 4 is 34.8 Å². The van der Waals surface area contributed by atoms with Gasteiger partial charge in [-0.1, -0.05) is 48.7 Å². The first kappa shape index (κ1) is 17.9. The van der Waals surface area contributed by atoms with E-state index >= 15 is 0 Å². The molecular formula is C15H22Cl3NO. The molecule has 1 N–H and O–H groups in total. The van der Waals surface area contributed by atoms with Gasteiger partial charge in [0.1, 0.15) is 12.4 Å². The van der Waals surface area contributed by atoms with Crippen LogP contribution < -0.4 is 10.1 Å². The van der Waals surface area contributed by atoms with Crippen molar-refractivity contribution in [2.24, 2.45) is 5.92 Å². The van der Waals surface area contributed by atoms with E-state index in [4.69, 9.17) is 39.5 Å². The van der Waals surface area contributed by atoms with Gasteiger partial charge < -0.3 is 10.1 Å². The van der Waals surface area contributed by atoms with E-state index in [1.54, 1.807) is 12.1 Å². The molecule has 1 aromatic carbocycles. The van der Waals surface area contributed by atoms with Crippen LogP contribution in [0.3, 0.4) is 0 Å². The van der Waals surface area contributed by atoms with Crippen LogP contribution >= 0.6 is 34.8 Å². The second-order valence-electron chi connectivity index (χ2n) is 5.37. The number of nitrogens with one attached hydrogen (secondary N) is 1. The Balaban J connectivity index is 2.29. The number of ether oxygens (including phenoxy) is 1. The lowest BCUT2D eigenvalue weighted by Gasteiger charge is -2.15. The first-order valence-corrected chi connectivity index (χ1v) is 8.04. The van der Waals surface area contributed by atoms with Crippen LogP contribution in [0.15, 0.2) is 12.1 Å². The highest BCUT2D eigenvalue weighted by Crippen LogP contribution is 2.33. The summed E-state index contributed by atoms with van der Waals surface area (Å²) in [7, 11) is 0. The Hall–Kier alpha value is -0.150. The molecule has 0 saturated heterocycles. The molecule has 0 radical (unpaired) electrons. The third kappa shape index (κ3) is 6.53. The van der Waals surface area contributed by atoms with E-state index in [-0.39, 0.29) is 0 Å². The standard InChI is InChI=1S/C15H22Cl3NO/c1-10(2)4-5-11(3)19-6-7-20-15-9-13(17)12(16)8-14(15)18/h8-11,19H,4-7H2,1-3H3. The molecule has 5 heteroatoms. The molecule has 114 valence electrons. The molecule has 1 unspecified atom stereocenters. The Labute approximate surface area is 136 Å². The summed E-state index contributed by atoms with van der Waals surface area (Å²) in [6, 6.07) is 3.73. The van der Waals surface area contributed by atoms with E-state index in [0.29, 0.717) is 33.5 Å². The summed E-state index contributed by atoms with van der Waals surface area (Å²) < 4.78 is 5.61. The van der Waals surface area contributed by atoms with Crippen molar-refractivity contribution in [1.82, 2.24) is 5.32 Å². The van der Waals surface area contributed by atoms with E-state index in [9.17, 15) is 0 Å². The molecule has 1 aromatic rings. The Morgan fingerprint density at radius 2 is 1.65 bits per heavy atom. The van der Waals surface area contributed by atoms with Crippen molar-refractivity contribution in [2.75, 3.05) is 13.2 Å². The monoisotopic (exact) mass is 337 g/mol. The summed E-state index contributed by atoms with van der Waals surface area (Å²) in [6.45, 7) is 7.98. The van der Waals surface area contributed by atoms with Gasteiger partial charge in [-0.25, -0.2) is 0 Å². The maximum Gasteiger partial charge on any atom is 0.139 e. The highest BCUT2D eigenvalue weighted by atomic mass is 35.5. The number of hydrogen-bond donors (Lipinski definition) is 1. The van der Waals surface area contributed by atoms with Gasteiger partial charge in [-0.15, -0.1) is 0 Å². The van der Waals surface area contributed by atoms with Gasteiger partial charge in [0, 0.05) is 18.7 Å². The first-order chi connectivity index (χ1) is 9.40. The lowest BCUT2D eigenvalue weighted by molar-refractivity contribution is 0.303. The smallest absolute Gasteiger partial charge is 0.139 e. The average Bonchev–Trinajstić information content (AvgIpc) is 2.37. The normalized spacial score (nSPS) is 12.8. The zero-order valence-corrected chi connectivity index (χ0v) is 14.4. The van der Waals surface area contributed by atoms with Crippen LogP contribution in [-0.2, 0) is 0 Å². The lowest BCUT2D eigenvalue weighted by Crippen LogP contribution is -2.30. The van der Waals surface area contributed by atoms with Crippen molar-refractivity contribution in [2.45, 2.75) is 39.7 Å². The fraction of sp³-hybridized carbons (Fsp3) is 0.600. The Kier molecular flexibility index (Phi) is 8.04. The van der Waals surface area contributed by atoms with Crippen LogP contribution in [0.2, 0.25) is 15.1 Å². The Bertz CT molecular complexity index is 424. The van der Waals surface area contributed by atoms with E-state index in [0.717, 1.165) is 12.5 Å². The largest absolute Gasteiger partial charge is 0.491 e. The van der Waals surface area contributed by atoms with Crippen LogP contribution in [0.1, 0.15) is 33.6 Å². The van der Waals surface area contributed by atoms with E-state index in [1.807, 2.05) is 0 Å². The summed E-state index contributed by atoms with van der Waals surface area (Å²) in [5.74, 6) is 1.31. The van der Waals surface area contributed by atoms with Gasteiger partial charge in [0.15, 0.2) is 0 Å². The number of benzene rings is 1. The van der Waals surface area contributed by atoms with Gasteiger partial charge in [-0.05, 0) is 31.7 Å². The summed E-state index contributed by atoms with van der Waals surface area (Å²) in [5, 5.41) is 4.79. The summed E-state index contributed by atoms with van der Waals surface area (Å²) in [5.41, 5.74) is 0. The van der Waals surface area contributed by atoms with Crippen LogP contribution in [0.5, 0.6) is 5.75 Å². The summed E-state index contributed by atoms with van der Waals surface area (Å²) in [6.07, 6.45) is 2.40. The molecule has 0 bridgehead atoms. The molecule has 1 atom stereocenters. The number of hydrogen-bond acceptors (Lipinski definition) is 2. The molecular weight excluding hydrogens is 317 g/mol. The van der Waals surface area contributed by atoms with Gasteiger partial charge in [-0.2, -0.15) is 0 Å². The van der Waals surface area contributed by atoms with Crippen LogP contribution in [-0.4, -0.2) is 19.2 Å². The van der Waals surface area contributed by atoms with Gasteiger partial charge in [0.05, 0.1) is 15.1 Å². The molecule has 0 fully saturated rings. The summed E-state index contributed by atoms with van der Waals surface area (Å²) >= 11 is 17.8. The second kappa shape index (κ2) is 8.99. The van der Waals surface area contributed by atoms with Gasteiger partial charge in [0.2, 0.25) is 0 Å². The topological polar surface area (TPSA) is 21.3 Å². The number of rotatable bonds is 8. The molecule has 0 saturated carbocycles. The molecule has 20 heavy (non-hydrogen) atoms. The van der Waals surface area contributed by atoms with Gasteiger partial charge >= 0.3 is 0 Å². The molecule has 0 aromatic heterocycles. The van der Waals surface area contributed by atoms with Crippen LogP contribution in [0.4, 0.5) is 0 Å². The molecule has 0 amide bonds. The summed E-state index contributed by atoms with van der Waals surface area (Å²) in [4.78, 5) is 0. The second-order valence-corrected chi connectivity index (χ2v) is 6.59. The van der Waals surface area contributed by atoms with E-state index in [1.165, 1.54) is 12.8 Å². The third-order valence-electron chi connectivity index (χ3n) is 3.00. The van der Waals surface area contributed by atoms with Gasteiger partial charge in [0.25, 0.3) is 0 Å². The quantitative estimate of drug-likeness (QED) is 0.503. The zero-order chi connectivity index (χ0) is 15.1. The maximum atomic E-state index is 6.04. The Morgan fingerprint density at radius 1 is 1.00 bits per heavy atom. The first-order valence-electron chi connectivity index (χ1n) is 6.91. The highest BCUT2D eigenvalue weighted by Gasteiger charge is 2.07.